The number of hydrogen-bond donors (Lipinski definition) is 2. The third kappa shape index (κ3) is 3.98. The number of aromatic nitrogens is 3. The van der Waals surface area contributed by atoms with E-state index in [0.29, 0.717) is 25.8 Å². The molecule has 5 atom stereocenters. The highest BCUT2D eigenvalue weighted by Gasteiger charge is 2.73. The highest BCUT2D eigenvalue weighted by atomic mass is 32.2. The normalized spacial score (nSPS) is 29.1. The minimum absolute atomic E-state index is 0.00546. The number of para-hydroxylation sites is 1. The van der Waals surface area contributed by atoms with Crippen molar-refractivity contribution < 1.29 is 24.2 Å². The molecule has 0 radical (unpaired) electrons. The van der Waals surface area contributed by atoms with Crippen LogP contribution in [0.5, 0.6) is 0 Å². The summed E-state index contributed by atoms with van der Waals surface area (Å²) in [5, 5.41) is 20.4. The van der Waals surface area contributed by atoms with E-state index in [4.69, 9.17) is 9.84 Å². The Hall–Kier alpha value is -2.66. The van der Waals surface area contributed by atoms with Crippen LogP contribution in [0.1, 0.15) is 39.0 Å². The number of unbranched alkanes of at least 4 members (excludes halogenated alkanes) is 2. The van der Waals surface area contributed by atoms with E-state index in [9.17, 15) is 14.4 Å². The Balaban J connectivity index is 1.40. The van der Waals surface area contributed by atoms with E-state index in [1.807, 2.05) is 24.3 Å². The molecule has 3 aliphatic heterocycles. The first-order valence-electron chi connectivity index (χ1n) is 12.3. The Morgan fingerprint density at radius 2 is 2.11 bits per heavy atom. The smallest absolute Gasteiger partial charge is 0.310 e. The van der Waals surface area contributed by atoms with Crippen LogP contribution in [0.2, 0.25) is 0 Å². The van der Waals surface area contributed by atoms with Gasteiger partial charge < -0.3 is 20.1 Å². The minimum atomic E-state index is -0.668. The van der Waals surface area contributed by atoms with Crippen molar-refractivity contribution in [2.45, 2.75) is 61.7 Å². The number of benzene rings is 1. The molecule has 11 heteroatoms. The fourth-order valence-electron chi connectivity index (χ4n) is 6.05. The number of carbonyl (C=O) groups is 3. The molecule has 5 rings (SSSR count). The van der Waals surface area contributed by atoms with Gasteiger partial charge in [0.25, 0.3) is 0 Å². The summed E-state index contributed by atoms with van der Waals surface area (Å²) in [5.74, 6) is -1.77. The fraction of sp³-hybridized carbons (Fsp3) is 0.625. The van der Waals surface area contributed by atoms with Crippen LogP contribution in [-0.2, 0) is 25.8 Å². The van der Waals surface area contributed by atoms with Gasteiger partial charge in [0.2, 0.25) is 11.8 Å². The average Bonchev–Trinajstić information content (AvgIpc) is 3.60. The third-order valence-corrected chi connectivity index (χ3v) is 9.44. The van der Waals surface area contributed by atoms with Crippen LogP contribution in [0.15, 0.2) is 24.3 Å². The lowest BCUT2D eigenvalue weighted by Gasteiger charge is -2.34. The molecule has 3 saturated heterocycles. The number of amides is 2. The lowest BCUT2D eigenvalue weighted by molar-refractivity contribution is -0.153. The summed E-state index contributed by atoms with van der Waals surface area (Å²) in [6, 6.07) is 6.85. The maximum Gasteiger partial charge on any atom is 0.310 e. The molecule has 1 aromatic carbocycles. The fourth-order valence-corrected chi connectivity index (χ4v) is 8.26. The number of likely N-dealkylation sites (tertiary alicyclic amines) is 1. The molecule has 2 amide bonds. The molecule has 2 bridgehead atoms. The predicted octanol–water partition coefficient (Wildman–Crippen LogP) is 1.32. The van der Waals surface area contributed by atoms with Crippen molar-refractivity contribution in [1.29, 1.82) is 0 Å². The van der Waals surface area contributed by atoms with Crippen molar-refractivity contribution in [2.24, 2.45) is 11.8 Å². The molecule has 1 aromatic heterocycles. The predicted molar refractivity (Wildman–Crippen MR) is 129 cm³/mol. The summed E-state index contributed by atoms with van der Waals surface area (Å²) in [4.78, 5) is 42.0. The molecule has 2 aromatic rings. The molecule has 3 fully saturated rings. The van der Waals surface area contributed by atoms with Gasteiger partial charge in [-0.1, -0.05) is 17.3 Å². The number of nitrogens with one attached hydrogen (secondary N) is 1. The molecule has 0 aliphatic carbocycles. The van der Waals surface area contributed by atoms with Crippen molar-refractivity contribution in [1.82, 2.24) is 25.2 Å². The van der Waals surface area contributed by atoms with E-state index < -0.39 is 22.6 Å². The summed E-state index contributed by atoms with van der Waals surface area (Å²) in [6.45, 7) is 2.68. The first-order valence-corrected chi connectivity index (χ1v) is 13.2. The maximum absolute atomic E-state index is 13.7. The second-order valence-electron chi connectivity index (χ2n) is 9.40. The number of thioether (sulfide) groups is 1. The molecular formula is C24H31N5O5S. The summed E-state index contributed by atoms with van der Waals surface area (Å²) in [7, 11) is 0. The number of nitrogens with zero attached hydrogens (tertiary/aromatic N) is 4. The molecule has 188 valence electrons. The zero-order valence-corrected chi connectivity index (χ0v) is 20.6. The van der Waals surface area contributed by atoms with Crippen LogP contribution >= 0.6 is 11.8 Å². The molecule has 2 N–H and O–H groups in total. The van der Waals surface area contributed by atoms with E-state index in [-0.39, 0.29) is 42.9 Å². The monoisotopic (exact) mass is 501 g/mol. The number of hydrogen-bond acceptors (Lipinski definition) is 8. The molecule has 3 aliphatic rings. The van der Waals surface area contributed by atoms with Gasteiger partial charge in [-0.05, 0) is 51.2 Å². The summed E-state index contributed by atoms with van der Waals surface area (Å²) in [5.41, 5.74) is 1.55. The summed E-state index contributed by atoms with van der Waals surface area (Å²) >= 11 is 1.63. The Morgan fingerprint density at radius 1 is 1.29 bits per heavy atom. The van der Waals surface area contributed by atoms with Crippen molar-refractivity contribution in [3.8, 4) is 0 Å². The lowest BCUT2D eigenvalue weighted by atomic mass is 9.71. The van der Waals surface area contributed by atoms with Gasteiger partial charge in [0.15, 0.2) is 0 Å². The van der Waals surface area contributed by atoms with Gasteiger partial charge in [0, 0.05) is 18.4 Å². The van der Waals surface area contributed by atoms with Crippen LogP contribution in [0.25, 0.3) is 11.0 Å². The van der Waals surface area contributed by atoms with Crippen LogP contribution in [-0.4, -0.2) is 78.6 Å². The van der Waals surface area contributed by atoms with E-state index in [1.54, 1.807) is 28.3 Å². The topological polar surface area (TPSA) is 127 Å². The second kappa shape index (κ2) is 9.77. The van der Waals surface area contributed by atoms with Gasteiger partial charge in [-0.2, -0.15) is 0 Å². The number of rotatable bonds is 10. The van der Waals surface area contributed by atoms with E-state index in [0.717, 1.165) is 23.9 Å². The summed E-state index contributed by atoms with van der Waals surface area (Å²) in [6.07, 6.45) is 3.59. The van der Waals surface area contributed by atoms with Gasteiger partial charge >= 0.3 is 5.97 Å². The summed E-state index contributed by atoms with van der Waals surface area (Å²) < 4.78 is 6.34. The van der Waals surface area contributed by atoms with Gasteiger partial charge in [-0.25, -0.2) is 4.68 Å². The highest BCUT2D eigenvalue weighted by molar-refractivity contribution is 8.02. The SMILES string of the molecule is CCOC(=O)[C@@H]1[C@@H]2CCC3(S2)C(C(=O)NCn2nnc4ccccc42)N(CCCCCO)C(=O)[C@H]13. The number of aliphatic hydroxyl groups is 1. The van der Waals surface area contributed by atoms with Crippen molar-refractivity contribution >= 4 is 40.6 Å². The Labute approximate surface area is 207 Å². The van der Waals surface area contributed by atoms with Crippen molar-refractivity contribution in [3.05, 3.63) is 24.3 Å². The van der Waals surface area contributed by atoms with Crippen molar-refractivity contribution in [3.63, 3.8) is 0 Å². The standard InChI is InChI=1S/C24H31N5O5S/c1-2-34-23(33)18-17-10-11-24(35-17)19(18)22(32)28(12-6-3-7-13-30)20(24)21(31)25-14-29-16-9-5-4-8-15(16)26-27-29/h4-5,8-9,17-20,30H,2-3,6-7,10-14H2,1H3,(H,25,31)/t17-,18+,19-,20?,24?/m0/s1. The number of fused-ring (bicyclic) bond motifs is 2. The van der Waals surface area contributed by atoms with E-state index in [1.165, 1.54) is 0 Å². The average molecular weight is 502 g/mol. The largest absolute Gasteiger partial charge is 0.466 e. The van der Waals surface area contributed by atoms with Gasteiger partial charge in [0.1, 0.15) is 18.2 Å². The molecule has 1 spiro atoms. The Bertz CT molecular complexity index is 1120. The molecule has 35 heavy (non-hydrogen) atoms. The van der Waals surface area contributed by atoms with Crippen LogP contribution in [0.3, 0.4) is 0 Å². The van der Waals surface area contributed by atoms with E-state index in [2.05, 4.69) is 15.6 Å². The number of aliphatic hydroxyl groups excluding tert-OH is 1. The highest BCUT2D eigenvalue weighted by Crippen LogP contribution is 2.66. The zero-order valence-electron chi connectivity index (χ0n) is 19.8. The number of esters is 1. The minimum Gasteiger partial charge on any atom is -0.466 e. The van der Waals surface area contributed by atoms with Crippen molar-refractivity contribution in [2.75, 3.05) is 19.8 Å². The first kappa shape index (κ1) is 24.1. The number of carbonyl (C=O) groups excluding carboxylic acids is 3. The lowest BCUT2D eigenvalue weighted by Crippen LogP contribution is -2.53. The second-order valence-corrected chi connectivity index (χ2v) is 11.0. The van der Waals surface area contributed by atoms with Gasteiger partial charge in [0.05, 0.1) is 28.7 Å². The van der Waals surface area contributed by atoms with Crippen LogP contribution < -0.4 is 5.32 Å². The molecule has 4 heterocycles. The molecule has 2 unspecified atom stereocenters. The van der Waals surface area contributed by atoms with Gasteiger partial charge in [-0.3, -0.25) is 14.4 Å². The van der Waals surface area contributed by atoms with Crippen LogP contribution in [0, 0.1) is 11.8 Å². The third-order valence-electron chi connectivity index (χ3n) is 7.49. The van der Waals surface area contributed by atoms with Crippen LogP contribution in [0.4, 0.5) is 0 Å². The molecule has 0 saturated carbocycles. The maximum atomic E-state index is 13.7. The number of ether oxygens (including phenoxy) is 1. The first-order chi connectivity index (χ1) is 17.0. The Morgan fingerprint density at radius 3 is 2.91 bits per heavy atom. The van der Waals surface area contributed by atoms with E-state index >= 15 is 0 Å². The Kier molecular flexibility index (Phi) is 6.71. The molecular weight excluding hydrogens is 470 g/mol. The quantitative estimate of drug-likeness (QED) is 0.369. The zero-order chi connectivity index (χ0) is 24.6. The molecule has 10 nitrogen and oxygen atoms in total. The van der Waals surface area contributed by atoms with Gasteiger partial charge in [-0.15, -0.1) is 16.9 Å².